The second-order valence-electron chi connectivity index (χ2n) is 4.24. The van der Waals surface area contributed by atoms with Crippen molar-refractivity contribution in [1.29, 1.82) is 0 Å². The summed E-state index contributed by atoms with van der Waals surface area (Å²) in [5.41, 5.74) is 0. The normalized spacial score (nSPS) is 12.1. The van der Waals surface area contributed by atoms with Crippen LogP contribution >= 0.6 is 0 Å². The Balaban J connectivity index is 2.39. The molecule has 0 saturated carbocycles. The van der Waals surface area contributed by atoms with Crippen LogP contribution in [0.4, 0.5) is 5.82 Å². The number of carboxylic acid groups (broad SMARTS) is 1. The monoisotopic (exact) mass is 276 g/mol. The Hall–Kier alpha value is -2.34. The maximum atomic E-state index is 11.2. The number of methoxy groups -OCH3 is 2. The zero-order valence-electron chi connectivity index (χ0n) is 11.3. The number of hydrogen-bond acceptors (Lipinski definition) is 5. The van der Waals surface area contributed by atoms with Crippen LogP contribution in [0.2, 0.25) is 0 Å². The van der Waals surface area contributed by atoms with Crippen LogP contribution in [-0.4, -0.2) is 42.9 Å². The molecule has 6 heteroatoms. The molecule has 0 aliphatic heterocycles. The van der Waals surface area contributed by atoms with Crippen molar-refractivity contribution in [3.8, 4) is 5.75 Å². The van der Waals surface area contributed by atoms with Gasteiger partial charge in [-0.1, -0.05) is 6.07 Å². The number of rotatable bonds is 6. The second kappa shape index (κ2) is 6.21. The van der Waals surface area contributed by atoms with E-state index in [1.807, 2.05) is 24.3 Å². The number of anilines is 1. The Kier molecular flexibility index (Phi) is 4.37. The Morgan fingerprint density at radius 2 is 2.20 bits per heavy atom. The summed E-state index contributed by atoms with van der Waals surface area (Å²) in [6, 6.07) is 6.55. The first kappa shape index (κ1) is 14.1. The van der Waals surface area contributed by atoms with Gasteiger partial charge < -0.3 is 19.9 Å². The Morgan fingerprint density at radius 1 is 1.40 bits per heavy atom. The van der Waals surface area contributed by atoms with Gasteiger partial charge in [0.25, 0.3) is 0 Å². The summed E-state index contributed by atoms with van der Waals surface area (Å²) in [5.74, 6) is 0.187. The second-order valence-corrected chi connectivity index (χ2v) is 4.24. The van der Waals surface area contributed by atoms with E-state index in [0.29, 0.717) is 11.6 Å². The van der Waals surface area contributed by atoms with E-state index < -0.39 is 12.0 Å². The summed E-state index contributed by atoms with van der Waals surface area (Å²) in [6.45, 7) is 0.0529. The third-order valence-electron chi connectivity index (χ3n) is 2.92. The zero-order chi connectivity index (χ0) is 14.5. The molecule has 0 bridgehead atoms. The average Bonchev–Trinajstić information content (AvgIpc) is 2.46. The summed E-state index contributed by atoms with van der Waals surface area (Å²) < 4.78 is 10.1. The van der Waals surface area contributed by atoms with Gasteiger partial charge in [0.05, 0.1) is 13.7 Å². The van der Waals surface area contributed by atoms with Crippen molar-refractivity contribution in [2.45, 2.75) is 6.04 Å². The fourth-order valence-corrected chi connectivity index (χ4v) is 1.90. The topological polar surface area (TPSA) is 80.7 Å². The van der Waals surface area contributed by atoms with Crippen LogP contribution in [0, 0.1) is 0 Å². The molecule has 0 radical (unpaired) electrons. The number of ether oxygens (including phenoxy) is 2. The maximum absolute atomic E-state index is 11.2. The van der Waals surface area contributed by atoms with Crippen LogP contribution < -0.4 is 10.1 Å². The van der Waals surface area contributed by atoms with Gasteiger partial charge in [-0.05, 0) is 23.6 Å². The molecule has 0 saturated heterocycles. The molecule has 0 amide bonds. The van der Waals surface area contributed by atoms with Crippen LogP contribution in [0.25, 0.3) is 10.8 Å². The Labute approximate surface area is 116 Å². The first-order valence-corrected chi connectivity index (χ1v) is 6.06. The molecule has 0 fully saturated rings. The van der Waals surface area contributed by atoms with Crippen molar-refractivity contribution in [2.75, 3.05) is 26.1 Å². The lowest BCUT2D eigenvalue weighted by Gasteiger charge is -2.15. The highest BCUT2D eigenvalue weighted by molar-refractivity contribution is 5.94. The van der Waals surface area contributed by atoms with Crippen molar-refractivity contribution >= 4 is 22.6 Å². The molecule has 106 valence electrons. The molecule has 0 spiro atoms. The molecule has 0 aliphatic rings. The molecule has 1 aromatic heterocycles. The molecular formula is C14H16N2O4. The number of fused-ring (bicyclic) bond motifs is 1. The fourth-order valence-electron chi connectivity index (χ4n) is 1.90. The highest BCUT2D eigenvalue weighted by Gasteiger charge is 2.18. The molecule has 2 N–H and O–H groups in total. The number of aliphatic carboxylic acids is 1. The standard InChI is InChI=1S/C14H16N2O4/c1-19-8-12(14(17)18)16-13-11-7-10(20-2)4-3-9(11)5-6-15-13/h3-7,12H,8H2,1-2H3,(H,15,16)(H,17,18). The summed E-state index contributed by atoms with van der Waals surface area (Å²) in [6.07, 6.45) is 1.63. The van der Waals surface area contributed by atoms with E-state index in [-0.39, 0.29) is 6.61 Å². The van der Waals surface area contributed by atoms with Gasteiger partial charge in [-0.3, -0.25) is 0 Å². The number of carbonyl (C=O) groups is 1. The number of nitrogens with zero attached hydrogens (tertiary/aromatic N) is 1. The summed E-state index contributed by atoms with van der Waals surface area (Å²) >= 11 is 0. The van der Waals surface area contributed by atoms with Crippen LogP contribution in [0.5, 0.6) is 5.75 Å². The van der Waals surface area contributed by atoms with Crippen LogP contribution in [0.15, 0.2) is 30.5 Å². The van der Waals surface area contributed by atoms with Crippen molar-refractivity contribution in [3.05, 3.63) is 30.5 Å². The van der Waals surface area contributed by atoms with Gasteiger partial charge >= 0.3 is 5.97 Å². The molecule has 2 aromatic rings. The van der Waals surface area contributed by atoms with Gasteiger partial charge in [-0.25, -0.2) is 9.78 Å². The zero-order valence-corrected chi connectivity index (χ0v) is 11.3. The van der Waals surface area contributed by atoms with E-state index >= 15 is 0 Å². The van der Waals surface area contributed by atoms with Crippen LogP contribution in [0.1, 0.15) is 0 Å². The van der Waals surface area contributed by atoms with E-state index in [1.165, 1.54) is 7.11 Å². The maximum Gasteiger partial charge on any atom is 0.328 e. The van der Waals surface area contributed by atoms with Gasteiger partial charge in [0, 0.05) is 18.7 Å². The minimum Gasteiger partial charge on any atom is -0.497 e. The molecule has 6 nitrogen and oxygen atoms in total. The van der Waals surface area contributed by atoms with E-state index in [1.54, 1.807) is 13.3 Å². The van der Waals surface area contributed by atoms with Crippen LogP contribution in [0.3, 0.4) is 0 Å². The van der Waals surface area contributed by atoms with E-state index in [0.717, 1.165) is 10.8 Å². The third-order valence-corrected chi connectivity index (χ3v) is 2.92. The molecule has 1 heterocycles. The number of carboxylic acids is 1. The van der Waals surface area contributed by atoms with E-state index in [9.17, 15) is 4.79 Å². The first-order chi connectivity index (χ1) is 9.65. The van der Waals surface area contributed by atoms with Crippen LogP contribution in [-0.2, 0) is 9.53 Å². The average molecular weight is 276 g/mol. The van der Waals surface area contributed by atoms with Crippen molar-refractivity contribution in [3.63, 3.8) is 0 Å². The van der Waals surface area contributed by atoms with E-state index in [2.05, 4.69) is 10.3 Å². The fraction of sp³-hybridized carbons (Fsp3) is 0.286. The van der Waals surface area contributed by atoms with Crippen molar-refractivity contribution in [2.24, 2.45) is 0 Å². The van der Waals surface area contributed by atoms with Gasteiger partial charge in [0.1, 0.15) is 17.6 Å². The minimum absolute atomic E-state index is 0.0529. The van der Waals surface area contributed by atoms with Gasteiger partial charge in [-0.2, -0.15) is 0 Å². The molecule has 20 heavy (non-hydrogen) atoms. The van der Waals surface area contributed by atoms with Gasteiger partial charge in [0.2, 0.25) is 0 Å². The largest absolute Gasteiger partial charge is 0.497 e. The highest BCUT2D eigenvalue weighted by atomic mass is 16.5. The number of hydrogen-bond donors (Lipinski definition) is 2. The predicted molar refractivity (Wildman–Crippen MR) is 75.2 cm³/mol. The smallest absolute Gasteiger partial charge is 0.328 e. The van der Waals surface area contributed by atoms with Crippen molar-refractivity contribution in [1.82, 2.24) is 4.98 Å². The highest BCUT2D eigenvalue weighted by Crippen LogP contribution is 2.26. The SMILES string of the molecule is COCC(Nc1nccc2ccc(OC)cc12)C(=O)O. The number of benzene rings is 1. The lowest BCUT2D eigenvalue weighted by molar-refractivity contribution is -0.139. The lowest BCUT2D eigenvalue weighted by Crippen LogP contribution is -2.34. The van der Waals surface area contributed by atoms with E-state index in [4.69, 9.17) is 14.6 Å². The Morgan fingerprint density at radius 3 is 2.85 bits per heavy atom. The summed E-state index contributed by atoms with van der Waals surface area (Å²) in [4.78, 5) is 15.4. The molecule has 2 rings (SSSR count). The number of aromatic nitrogens is 1. The summed E-state index contributed by atoms with van der Waals surface area (Å²) in [5, 5.41) is 13.8. The molecular weight excluding hydrogens is 260 g/mol. The first-order valence-electron chi connectivity index (χ1n) is 6.06. The molecule has 1 atom stereocenters. The third kappa shape index (κ3) is 2.97. The lowest BCUT2D eigenvalue weighted by atomic mass is 10.1. The summed E-state index contributed by atoms with van der Waals surface area (Å²) in [7, 11) is 3.03. The Bertz CT molecular complexity index is 615. The number of nitrogens with one attached hydrogen (secondary N) is 1. The van der Waals surface area contributed by atoms with Gasteiger partial charge in [0.15, 0.2) is 0 Å². The van der Waals surface area contributed by atoms with Crippen molar-refractivity contribution < 1.29 is 19.4 Å². The van der Waals surface area contributed by atoms with Gasteiger partial charge in [-0.15, -0.1) is 0 Å². The molecule has 1 unspecified atom stereocenters. The molecule has 0 aliphatic carbocycles. The quantitative estimate of drug-likeness (QED) is 0.836. The molecule has 1 aromatic carbocycles. The minimum atomic E-state index is -0.992. The predicted octanol–water partition coefficient (Wildman–Crippen LogP) is 1.75. The number of pyridine rings is 1.